The van der Waals surface area contributed by atoms with E-state index < -0.39 is 5.91 Å². The molecule has 4 nitrogen and oxygen atoms in total. The van der Waals surface area contributed by atoms with Crippen LogP contribution in [0.3, 0.4) is 0 Å². The lowest BCUT2D eigenvalue weighted by molar-refractivity contribution is -0.153. The van der Waals surface area contributed by atoms with Gasteiger partial charge in [0, 0.05) is 24.7 Å². The van der Waals surface area contributed by atoms with E-state index in [1.807, 2.05) is 25.1 Å². The zero-order chi connectivity index (χ0) is 16.7. The Morgan fingerprint density at radius 1 is 1.12 bits per heavy atom. The molecule has 1 atom stereocenters. The quantitative estimate of drug-likeness (QED) is 0.786. The molecule has 1 saturated heterocycles. The number of carbonyl (C=O) groups excluding carboxylic acids is 2. The second-order valence-corrected chi connectivity index (χ2v) is 6.36. The van der Waals surface area contributed by atoms with E-state index in [9.17, 15) is 9.59 Å². The molecule has 122 valence electrons. The molecule has 24 heavy (non-hydrogen) atoms. The number of carbonyl (C=O) groups is 2. The van der Waals surface area contributed by atoms with Gasteiger partial charge in [0.25, 0.3) is 0 Å². The molecule has 1 aliphatic carbocycles. The molecule has 0 radical (unpaired) electrons. The Morgan fingerprint density at radius 2 is 1.92 bits per heavy atom. The van der Waals surface area contributed by atoms with Crippen LogP contribution < -0.4 is 0 Å². The summed E-state index contributed by atoms with van der Waals surface area (Å²) in [6.07, 6.45) is 7.41. The zero-order valence-corrected chi connectivity index (χ0v) is 13.7. The molecular weight excluding hydrogens is 300 g/mol. The molecule has 2 heterocycles. The normalized spacial score (nSPS) is 23.2. The topological polar surface area (TPSA) is 40.6 Å². The highest BCUT2D eigenvalue weighted by Gasteiger charge is 2.42. The van der Waals surface area contributed by atoms with Crippen LogP contribution in [-0.4, -0.2) is 41.2 Å². The molecule has 4 heteroatoms. The van der Waals surface area contributed by atoms with Gasteiger partial charge in [-0.3, -0.25) is 9.59 Å². The first-order valence-electron chi connectivity index (χ1n) is 8.46. The number of likely N-dealkylation sites (N-methyl/N-ethyl adjacent to an activating group) is 1. The van der Waals surface area contributed by atoms with Crippen molar-refractivity contribution in [3.63, 3.8) is 0 Å². The van der Waals surface area contributed by atoms with Gasteiger partial charge in [0.1, 0.15) is 0 Å². The third-order valence-electron chi connectivity index (χ3n) is 5.09. The van der Waals surface area contributed by atoms with Crippen molar-refractivity contribution in [1.29, 1.82) is 0 Å². The Balaban J connectivity index is 1.83. The van der Waals surface area contributed by atoms with E-state index in [2.05, 4.69) is 30.4 Å². The van der Waals surface area contributed by atoms with Crippen LogP contribution in [0.4, 0.5) is 0 Å². The van der Waals surface area contributed by atoms with Gasteiger partial charge in [0.2, 0.25) is 0 Å². The molecule has 0 N–H and O–H groups in total. The van der Waals surface area contributed by atoms with Crippen LogP contribution in [0.5, 0.6) is 0 Å². The van der Waals surface area contributed by atoms with Gasteiger partial charge in [-0.05, 0) is 30.1 Å². The number of amides is 2. The number of allylic oxidation sites excluding steroid dienone is 4. The second kappa shape index (κ2) is 5.78. The summed E-state index contributed by atoms with van der Waals surface area (Å²) < 4.78 is 0. The SMILES string of the molecule is CCN1CC2=C3C=CCC=C3C(c3ccccc3)CN2C(=O)C1=O. The average Bonchev–Trinajstić information content (AvgIpc) is 2.64. The highest BCUT2D eigenvalue weighted by atomic mass is 16.2. The number of hydrogen-bond acceptors (Lipinski definition) is 2. The smallest absolute Gasteiger partial charge is 0.316 e. The van der Waals surface area contributed by atoms with Crippen LogP contribution in [0.15, 0.2) is 65.4 Å². The first-order chi connectivity index (χ1) is 11.7. The van der Waals surface area contributed by atoms with Crippen molar-refractivity contribution in [3.05, 3.63) is 71.0 Å². The molecule has 1 fully saturated rings. The molecule has 1 aromatic carbocycles. The highest BCUT2D eigenvalue weighted by molar-refractivity contribution is 6.36. The van der Waals surface area contributed by atoms with Gasteiger partial charge in [-0.25, -0.2) is 0 Å². The summed E-state index contributed by atoms with van der Waals surface area (Å²) >= 11 is 0. The van der Waals surface area contributed by atoms with Gasteiger partial charge >= 0.3 is 11.8 Å². The van der Waals surface area contributed by atoms with Crippen molar-refractivity contribution in [2.24, 2.45) is 0 Å². The third-order valence-corrected chi connectivity index (χ3v) is 5.09. The largest absolute Gasteiger partial charge is 0.329 e. The van der Waals surface area contributed by atoms with E-state index in [1.54, 1.807) is 9.80 Å². The molecule has 2 amide bonds. The van der Waals surface area contributed by atoms with E-state index in [1.165, 1.54) is 11.1 Å². The molecule has 0 spiro atoms. The van der Waals surface area contributed by atoms with Crippen molar-refractivity contribution >= 4 is 11.8 Å². The van der Waals surface area contributed by atoms with Gasteiger partial charge in [0.05, 0.1) is 6.54 Å². The van der Waals surface area contributed by atoms with E-state index in [0.717, 1.165) is 17.7 Å². The number of piperazine rings is 1. The molecule has 3 aliphatic rings. The van der Waals surface area contributed by atoms with Gasteiger partial charge in [-0.2, -0.15) is 0 Å². The predicted molar refractivity (Wildman–Crippen MR) is 92.0 cm³/mol. The van der Waals surface area contributed by atoms with E-state index in [-0.39, 0.29) is 11.8 Å². The van der Waals surface area contributed by atoms with Crippen molar-refractivity contribution in [3.8, 4) is 0 Å². The highest BCUT2D eigenvalue weighted by Crippen LogP contribution is 2.41. The molecular formula is C20H20N2O2. The molecule has 4 rings (SSSR count). The van der Waals surface area contributed by atoms with E-state index in [0.29, 0.717) is 19.6 Å². The van der Waals surface area contributed by atoms with Crippen LogP contribution >= 0.6 is 0 Å². The maximum Gasteiger partial charge on any atom is 0.316 e. The summed E-state index contributed by atoms with van der Waals surface area (Å²) in [4.78, 5) is 28.3. The Bertz CT molecular complexity index is 789. The number of fused-ring (bicyclic) bond motifs is 2. The van der Waals surface area contributed by atoms with Crippen molar-refractivity contribution in [2.75, 3.05) is 19.6 Å². The maximum absolute atomic E-state index is 12.6. The molecule has 0 aromatic heterocycles. The summed E-state index contributed by atoms with van der Waals surface area (Å²) in [5.41, 5.74) is 4.55. The number of rotatable bonds is 2. The Morgan fingerprint density at radius 3 is 2.67 bits per heavy atom. The molecule has 0 saturated carbocycles. The van der Waals surface area contributed by atoms with Crippen molar-refractivity contribution in [1.82, 2.24) is 9.80 Å². The van der Waals surface area contributed by atoms with Gasteiger partial charge < -0.3 is 9.80 Å². The van der Waals surface area contributed by atoms with Crippen LogP contribution in [0, 0.1) is 0 Å². The molecule has 0 bridgehead atoms. The molecule has 1 aromatic rings. The van der Waals surface area contributed by atoms with Crippen LogP contribution in [-0.2, 0) is 9.59 Å². The zero-order valence-electron chi connectivity index (χ0n) is 13.7. The molecule has 2 aliphatic heterocycles. The standard InChI is InChI=1S/C20H20N2O2/c1-2-21-13-18-16-11-7-6-10-15(16)17(14-8-4-3-5-9-14)12-22(18)20(24)19(21)23/h3-5,7-11,17H,2,6,12-13H2,1H3. The van der Waals surface area contributed by atoms with E-state index in [4.69, 9.17) is 0 Å². The van der Waals surface area contributed by atoms with Gasteiger partial charge in [-0.1, -0.05) is 48.6 Å². The van der Waals surface area contributed by atoms with E-state index >= 15 is 0 Å². The minimum atomic E-state index is -0.399. The lowest BCUT2D eigenvalue weighted by Crippen LogP contribution is -2.55. The lowest BCUT2D eigenvalue weighted by Gasteiger charge is -2.43. The summed E-state index contributed by atoms with van der Waals surface area (Å²) in [6, 6.07) is 10.2. The number of benzene rings is 1. The van der Waals surface area contributed by atoms with Crippen LogP contribution in [0.1, 0.15) is 24.8 Å². The fourth-order valence-electron chi connectivity index (χ4n) is 3.82. The number of hydrogen-bond donors (Lipinski definition) is 0. The summed E-state index contributed by atoms with van der Waals surface area (Å²) in [7, 11) is 0. The van der Waals surface area contributed by atoms with Crippen molar-refractivity contribution in [2.45, 2.75) is 19.3 Å². The molecule has 1 unspecified atom stereocenters. The first-order valence-corrected chi connectivity index (χ1v) is 8.46. The number of nitrogens with zero attached hydrogens (tertiary/aromatic N) is 2. The Labute approximate surface area is 141 Å². The summed E-state index contributed by atoms with van der Waals surface area (Å²) in [5.74, 6) is -0.662. The fourth-order valence-corrected chi connectivity index (χ4v) is 3.82. The van der Waals surface area contributed by atoms with Crippen molar-refractivity contribution < 1.29 is 9.59 Å². The average molecular weight is 320 g/mol. The Kier molecular flexibility index (Phi) is 3.60. The summed E-state index contributed by atoms with van der Waals surface area (Å²) in [5, 5.41) is 0. The lowest BCUT2D eigenvalue weighted by atomic mass is 9.79. The monoisotopic (exact) mass is 320 g/mol. The third kappa shape index (κ3) is 2.21. The first kappa shape index (κ1) is 14.9. The minimum absolute atomic E-state index is 0.125. The minimum Gasteiger partial charge on any atom is -0.329 e. The van der Waals surface area contributed by atoms with Crippen LogP contribution in [0.25, 0.3) is 0 Å². The fraction of sp³-hybridized carbons (Fsp3) is 0.300. The maximum atomic E-state index is 12.6. The second-order valence-electron chi connectivity index (χ2n) is 6.36. The predicted octanol–water partition coefficient (Wildman–Crippen LogP) is 2.61. The van der Waals surface area contributed by atoms with Gasteiger partial charge in [0.15, 0.2) is 0 Å². The Hall–Kier alpha value is -2.62. The van der Waals surface area contributed by atoms with Crippen LogP contribution in [0.2, 0.25) is 0 Å². The summed E-state index contributed by atoms with van der Waals surface area (Å²) in [6.45, 7) is 3.53. The van der Waals surface area contributed by atoms with Gasteiger partial charge in [-0.15, -0.1) is 0 Å².